The van der Waals surface area contributed by atoms with Crippen LogP contribution in [0.15, 0.2) is 11.1 Å². The SMILES string of the molecule is [CH2]/C(C)=C(\C)CCCCCCCCCCC. The van der Waals surface area contributed by atoms with Crippen molar-refractivity contribution in [2.75, 3.05) is 0 Å². The molecule has 0 bridgehead atoms. The summed E-state index contributed by atoms with van der Waals surface area (Å²) in [4.78, 5) is 0. The van der Waals surface area contributed by atoms with Gasteiger partial charge in [0.05, 0.1) is 0 Å². The highest BCUT2D eigenvalue weighted by Crippen LogP contribution is 2.14. The Morgan fingerprint density at radius 2 is 1.19 bits per heavy atom. The van der Waals surface area contributed by atoms with Gasteiger partial charge in [-0.1, -0.05) is 69.4 Å². The summed E-state index contributed by atoms with van der Waals surface area (Å²) in [7, 11) is 0. The maximum absolute atomic E-state index is 3.97. The van der Waals surface area contributed by atoms with Crippen molar-refractivity contribution in [1.29, 1.82) is 0 Å². The third-order valence-electron chi connectivity index (χ3n) is 3.38. The smallest absolute Gasteiger partial charge is 0.0283 e. The van der Waals surface area contributed by atoms with Gasteiger partial charge in [-0.15, -0.1) is 0 Å². The number of unbranched alkanes of at least 4 members (excludes halogenated alkanes) is 8. The van der Waals surface area contributed by atoms with Crippen LogP contribution >= 0.6 is 0 Å². The Labute approximate surface area is 104 Å². The Morgan fingerprint density at radius 1 is 0.750 bits per heavy atom. The lowest BCUT2D eigenvalue weighted by Gasteiger charge is -2.04. The van der Waals surface area contributed by atoms with Crippen molar-refractivity contribution in [3.63, 3.8) is 0 Å². The van der Waals surface area contributed by atoms with Gasteiger partial charge < -0.3 is 0 Å². The monoisotopic (exact) mass is 223 g/mol. The molecule has 16 heavy (non-hydrogen) atoms. The van der Waals surface area contributed by atoms with Gasteiger partial charge >= 0.3 is 0 Å². The average Bonchev–Trinajstić information content (AvgIpc) is 2.26. The number of hydrogen-bond acceptors (Lipinski definition) is 0. The van der Waals surface area contributed by atoms with Crippen LogP contribution in [-0.2, 0) is 0 Å². The van der Waals surface area contributed by atoms with Gasteiger partial charge in [0.15, 0.2) is 0 Å². The molecule has 0 heteroatoms. The zero-order valence-corrected chi connectivity index (χ0v) is 11.8. The molecule has 95 valence electrons. The molecule has 0 N–H and O–H groups in total. The molecular formula is C16H31. The van der Waals surface area contributed by atoms with E-state index in [4.69, 9.17) is 0 Å². The van der Waals surface area contributed by atoms with Gasteiger partial charge in [0.2, 0.25) is 0 Å². The molecule has 0 aromatic carbocycles. The lowest BCUT2D eigenvalue weighted by Crippen LogP contribution is -1.84. The van der Waals surface area contributed by atoms with Crippen LogP contribution in [0.1, 0.15) is 85.0 Å². The molecule has 0 nitrogen and oxygen atoms in total. The average molecular weight is 223 g/mol. The summed E-state index contributed by atoms with van der Waals surface area (Å²) in [6.07, 6.45) is 14.0. The zero-order chi connectivity index (χ0) is 12.2. The Kier molecular flexibility index (Phi) is 11.0. The van der Waals surface area contributed by atoms with Crippen molar-refractivity contribution in [1.82, 2.24) is 0 Å². The van der Waals surface area contributed by atoms with Crippen LogP contribution in [0.25, 0.3) is 0 Å². The van der Waals surface area contributed by atoms with Crippen molar-refractivity contribution in [2.45, 2.75) is 85.0 Å². The first kappa shape index (κ1) is 15.7. The first-order valence-corrected chi connectivity index (χ1v) is 7.16. The molecule has 0 aromatic heterocycles. The fraction of sp³-hybridized carbons (Fsp3) is 0.812. The predicted octanol–water partition coefficient (Wildman–Crippen LogP) is 6.08. The van der Waals surface area contributed by atoms with Crippen molar-refractivity contribution in [2.24, 2.45) is 0 Å². The Morgan fingerprint density at radius 3 is 1.62 bits per heavy atom. The molecule has 0 amide bonds. The van der Waals surface area contributed by atoms with Crippen LogP contribution in [0, 0.1) is 6.92 Å². The second kappa shape index (κ2) is 11.2. The van der Waals surface area contributed by atoms with E-state index in [-0.39, 0.29) is 0 Å². The number of allylic oxidation sites excluding steroid dienone is 2. The second-order valence-corrected chi connectivity index (χ2v) is 5.14. The van der Waals surface area contributed by atoms with Crippen molar-refractivity contribution >= 4 is 0 Å². The van der Waals surface area contributed by atoms with Crippen molar-refractivity contribution < 1.29 is 0 Å². The summed E-state index contributed by atoms with van der Waals surface area (Å²) in [5, 5.41) is 0. The minimum atomic E-state index is 1.26. The van der Waals surface area contributed by atoms with Gasteiger partial charge in [-0.25, -0.2) is 0 Å². The van der Waals surface area contributed by atoms with E-state index in [0.717, 1.165) is 0 Å². The molecule has 0 saturated carbocycles. The van der Waals surface area contributed by atoms with Gasteiger partial charge in [-0.05, 0) is 33.6 Å². The molecule has 0 saturated heterocycles. The van der Waals surface area contributed by atoms with Gasteiger partial charge in [-0.3, -0.25) is 0 Å². The lowest BCUT2D eigenvalue weighted by atomic mass is 10.0. The first-order chi connectivity index (χ1) is 7.68. The summed E-state index contributed by atoms with van der Waals surface area (Å²) in [5.41, 5.74) is 2.75. The van der Waals surface area contributed by atoms with E-state index >= 15 is 0 Å². The van der Waals surface area contributed by atoms with Crippen LogP contribution in [0.2, 0.25) is 0 Å². The summed E-state index contributed by atoms with van der Waals surface area (Å²) >= 11 is 0. The Balaban J connectivity index is 3.13. The van der Waals surface area contributed by atoms with Crippen LogP contribution in [0.4, 0.5) is 0 Å². The third kappa shape index (κ3) is 10.3. The van der Waals surface area contributed by atoms with E-state index in [9.17, 15) is 0 Å². The highest BCUT2D eigenvalue weighted by atomic mass is 14.0. The van der Waals surface area contributed by atoms with Gasteiger partial charge in [0, 0.05) is 0 Å². The minimum absolute atomic E-state index is 1.26. The third-order valence-corrected chi connectivity index (χ3v) is 3.38. The number of rotatable bonds is 10. The van der Waals surface area contributed by atoms with Crippen LogP contribution < -0.4 is 0 Å². The normalized spacial score (nSPS) is 12.8. The molecule has 0 heterocycles. The Bertz CT molecular complexity index is 172. The minimum Gasteiger partial charge on any atom is -0.0744 e. The van der Waals surface area contributed by atoms with Crippen LogP contribution in [0.3, 0.4) is 0 Å². The number of hydrogen-bond donors (Lipinski definition) is 0. The molecule has 0 aliphatic carbocycles. The molecule has 0 atom stereocenters. The van der Waals surface area contributed by atoms with Crippen molar-refractivity contribution in [3.05, 3.63) is 18.1 Å². The molecule has 0 fully saturated rings. The highest BCUT2D eigenvalue weighted by molar-refractivity contribution is 5.11. The van der Waals surface area contributed by atoms with E-state index in [0.29, 0.717) is 0 Å². The predicted molar refractivity (Wildman–Crippen MR) is 75.6 cm³/mol. The largest absolute Gasteiger partial charge is 0.0744 e. The standard InChI is InChI=1S/C16H31/c1-5-6-7-8-9-10-11-12-13-14-16(4)15(2)3/h2,5-14H2,1,3-4H3/b16-15-. The molecule has 0 rings (SSSR count). The quantitative estimate of drug-likeness (QED) is 0.394. The first-order valence-electron chi connectivity index (χ1n) is 7.16. The second-order valence-electron chi connectivity index (χ2n) is 5.14. The summed E-state index contributed by atoms with van der Waals surface area (Å²) < 4.78 is 0. The maximum atomic E-state index is 3.97. The van der Waals surface area contributed by atoms with E-state index in [1.807, 2.05) is 0 Å². The summed E-state index contributed by atoms with van der Waals surface area (Å²) in [5.74, 6) is 0. The van der Waals surface area contributed by atoms with E-state index in [1.165, 1.54) is 75.4 Å². The fourth-order valence-electron chi connectivity index (χ4n) is 1.91. The van der Waals surface area contributed by atoms with E-state index in [2.05, 4.69) is 27.7 Å². The zero-order valence-electron chi connectivity index (χ0n) is 11.8. The fourth-order valence-corrected chi connectivity index (χ4v) is 1.91. The van der Waals surface area contributed by atoms with E-state index in [1.54, 1.807) is 0 Å². The summed E-state index contributed by atoms with van der Waals surface area (Å²) in [6, 6.07) is 0. The van der Waals surface area contributed by atoms with Gasteiger partial charge in [0.1, 0.15) is 0 Å². The summed E-state index contributed by atoms with van der Waals surface area (Å²) in [6.45, 7) is 10.6. The molecule has 1 radical (unpaired) electrons. The van der Waals surface area contributed by atoms with Gasteiger partial charge in [0.25, 0.3) is 0 Å². The van der Waals surface area contributed by atoms with E-state index < -0.39 is 0 Å². The van der Waals surface area contributed by atoms with Crippen LogP contribution in [-0.4, -0.2) is 0 Å². The molecule has 0 aliphatic heterocycles. The topological polar surface area (TPSA) is 0 Å². The molecular weight excluding hydrogens is 192 g/mol. The maximum Gasteiger partial charge on any atom is -0.0283 e. The van der Waals surface area contributed by atoms with Gasteiger partial charge in [-0.2, -0.15) is 0 Å². The lowest BCUT2D eigenvalue weighted by molar-refractivity contribution is 0.564. The van der Waals surface area contributed by atoms with Crippen LogP contribution in [0.5, 0.6) is 0 Å². The highest BCUT2D eigenvalue weighted by Gasteiger charge is 1.94. The molecule has 0 aromatic rings. The molecule has 0 spiro atoms. The van der Waals surface area contributed by atoms with Crippen molar-refractivity contribution in [3.8, 4) is 0 Å². The molecule has 0 aliphatic rings. The Hall–Kier alpha value is -0.260. The molecule has 0 unspecified atom stereocenters.